The molecule has 2 unspecified atom stereocenters. The lowest BCUT2D eigenvalue weighted by atomic mass is 9.97. The summed E-state index contributed by atoms with van der Waals surface area (Å²) < 4.78 is 0. The van der Waals surface area contributed by atoms with Crippen LogP contribution < -0.4 is 0 Å². The Morgan fingerprint density at radius 2 is 1.95 bits per heavy atom. The van der Waals surface area contributed by atoms with Crippen molar-refractivity contribution in [3.63, 3.8) is 0 Å². The highest BCUT2D eigenvalue weighted by Crippen LogP contribution is 2.24. The quantitative estimate of drug-likeness (QED) is 0.745. The van der Waals surface area contributed by atoms with Gasteiger partial charge in [0.25, 0.3) is 0 Å². The van der Waals surface area contributed by atoms with E-state index in [-0.39, 0.29) is 6.04 Å². The summed E-state index contributed by atoms with van der Waals surface area (Å²) in [6.45, 7) is 5.47. The summed E-state index contributed by atoms with van der Waals surface area (Å²) in [4.78, 5) is 15.3. The molecule has 2 rings (SSSR count). The standard InChI is InChI=1S/C18H27NO/c1-3-16-13-9-6-10-14-19(16)17(4-2)18(20)15-11-7-5-8-12-15/h5,7-8,11-12,16-17H,3-4,6,9-10,13-14H2,1-2H3. The third-order valence-electron chi connectivity index (χ3n) is 4.54. The van der Waals surface area contributed by atoms with Crippen LogP contribution in [0.2, 0.25) is 0 Å². The summed E-state index contributed by atoms with van der Waals surface area (Å²) in [6.07, 6.45) is 7.15. The van der Waals surface area contributed by atoms with E-state index in [2.05, 4.69) is 18.7 Å². The number of likely N-dealkylation sites (tertiary alicyclic amines) is 1. The monoisotopic (exact) mass is 273 g/mol. The highest BCUT2D eigenvalue weighted by atomic mass is 16.1. The van der Waals surface area contributed by atoms with Gasteiger partial charge in [-0.2, -0.15) is 0 Å². The average Bonchev–Trinajstić information content (AvgIpc) is 2.74. The molecule has 0 aromatic heterocycles. The van der Waals surface area contributed by atoms with Crippen LogP contribution in [0.1, 0.15) is 62.7 Å². The van der Waals surface area contributed by atoms with Crippen molar-refractivity contribution in [2.45, 2.75) is 64.5 Å². The fourth-order valence-electron chi connectivity index (χ4n) is 3.41. The molecule has 1 aromatic rings. The maximum atomic E-state index is 12.8. The molecule has 2 heteroatoms. The van der Waals surface area contributed by atoms with Gasteiger partial charge in [0.15, 0.2) is 5.78 Å². The number of nitrogens with zero attached hydrogens (tertiary/aromatic N) is 1. The summed E-state index contributed by atoms with van der Waals surface area (Å²) in [6, 6.07) is 10.4. The van der Waals surface area contributed by atoms with E-state index in [9.17, 15) is 4.79 Å². The average molecular weight is 273 g/mol. The van der Waals surface area contributed by atoms with Crippen LogP contribution in [0.25, 0.3) is 0 Å². The van der Waals surface area contributed by atoms with Gasteiger partial charge >= 0.3 is 0 Å². The molecule has 1 heterocycles. The second kappa shape index (κ2) is 7.58. The molecule has 0 saturated carbocycles. The van der Waals surface area contributed by atoms with Crippen LogP contribution in [0.5, 0.6) is 0 Å². The summed E-state index contributed by atoms with van der Waals surface area (Å²) in [5.74, 6) is 0.299. The molecule has 2 nitrogen and oxygen atoms in total. The zero-order valence-electron chi connectivity index (χ0n) is 12.8. The van der Waals surface area contributed by atoms with Crippen molar-refractivity contribution in [2.75, 3.05) is 6.54 Å². The minimum absolute atomic E-state index is 0.0560. The van der Waals surface area contributed by atoms with Crippen molar-refractivity contribution in [2.24, 2.45) is 0 Å². The van der Waals surface area contributed by atoms with Crippen molar-refractivity contribution in [1.29, 1.82) is 0 Å². The smallest absolute Gasteiger partial charge is 0.179 e. The van der Waals surface area contributed by atoms with Gasteiger partial charge in [-0.1, -0.05) is 57.0 Å². The van der Waals surface area contributed by atoms with E-state index < -0.39 is 0 Å². The lowest BCUT2D eigenvalue weighted by Gasteiger charge is -2.35. The zero-order valence-corrected chi connectivity index (χ0v) is 12.8. The Kier molecular flexibility index (Phi) is 5.78. The van der Waals surface area contributed by atoms with Gasteiger partial charge < -0.3 is 0 Å². The lowest BCUT2D eigenvalue weighted by Crippen LogP contribution is -2.46. The summed E-state index contributed by atoms with van der Waals surface area (Å²) in [5.41, 5.74) is 0.860. The normalized spacial score (nSPS) is 22.2. The fraction of sp³-hybridized carbons (Fsp3) is 0.611. The van der Waals surface area contributed by atoms with E-state index in [1.54, 1.807) is 0 Å². The molecule has 1 fully saturated rings. The second-order valence-corrected chi connectivity index (χ2v) is 5.80. The Morgan fingerprint density at radius 3 is 2.60 bits per heavy atom. The summed E-state index contributed by atoms with van der Waals surface area (Å²) >= 11 is 0. The Hall–Kier alpha value is -1.15. The number of carbonyl (C=O) groups is 1. The minimum Gasteiger partial charge on any atom is -0.292 e. The van der Waals surface area contributed by atoms with Crippen molar-refractivity contribution in [3.05, 3.63) is 35.9 Å². The molecule has 0 spiro atoms. The van der Waals surface area contributed by atoms with E-state index in [1.165, 1.54) is 25.7 Å². The Morgan fingerprint density at radius 1 is 1.20 bits per heavy atom. The zero-order chi connectivity index (χ0) is 14.4. The van der Waals surface area contributed by atoms with Crippen LogP contribution in [0.4, 0.5) is 0 Å². The number of hydrogen-bond donors (Lipinski definition) is 0. The molecule has 2 atom stereocenters. The molecule has 110 valence electrons. The molecule has 0 radical (unpaired) electrons. The molecule has 0 N–H and O–H groups in total. The van der Waals surface area contributed by atoms with Gasteiger partial charge in [0.1, 0.15) is 0 Å². The van der Waals surface area contributed by atoms with Crippen LogP contribution in [0.3, 0.4) is 0 Å². The van der Waals surface area contributed by atoms with Gasteiger partial charge in [0.2, 0.25) is 0 Å². The van der Waals surface area contributed by atoms with Gasteiger partial charge in [-0.05, 0) is 32.2 Å². The second-order valence-electron chi connectivity index (χ2n) is 5.80. The van der Waals surface area contributed by atoms with Crippen molar-refractivity contribution < 1.29 is 4.79 Å². The number of rotatable bonds is 5. The first-order chi connectivity index (χ1) is 9.77. The molecule has 1 saturated heterocycles. The van der Waals surface area contributed by atoms with E-state index >= 15 is 0 Å². The van der Waals surface area contributed by atoms with Gasteiger partial charge in [-0.3, -0.25) is 9.69 Å². The van der Waals surface area contributed by atoms with Crippen LogP contribution >= 0.6 is 0 Å². The Bertz CT molecular complexity index is 415. The van der Waals surface area contributed by atoms with Gasteiger partial charge in [-0.25, -0.2) is 0 Å². The molecule has 20 heavy (non-hydrogen) atoms. The molecule has 1 aliphatic heterocycles. The molecule has 0 amide bonds. The van der Waals surface area contributed by atoms with Gasteiger partial charge in [-0.15, -0.1) is 0 Å². The summed E-state index contributed by atoms with van der Waals surface area (Å²) in [5, 5.41) is 0. The van der Waals surface area contributed by atoms with E-state index in [0.29, 0.717) is 11.8 Å². The van der Waals surface area contributed by atoms with Crippen LogP contribution in [-0.4, -0.2) is 29.3 Å². The minimum atomic E-state index is 0.0560. The molecular weight excluding hydrogens is 246 g/mol. The van der Waals surface area contributed by atoms with Crippen LogP contribution in [0, 0.1) is 0 Å². The number of benzene rings is 1. The Labute approximate surface area is 123 Å². The fourth-order valence-corrected chi connectivity index (χ4v) is 3.41. The number of Topliss-reactive ketones (excluding diaryl/α,β-unsaturated/α-hetero) is 1. The van der Waals surface area contributed by atoms with Gasteiger partial charge in [0.05, 0.1) is 6.04 Å². The number of carbonyl (C=O) groups excluding carboxylic acids is 1. The predicted octanol–water partition coefficient (Wildman–Crippen LogP) is 4.30. The molecule has 0 aliphatic carbocycles. The molecule has 0 bridgehead atoms. The van der Waals surface area contributed by atoms with Crippen molar-refractivity contribution in [3.8, 4) is 0 Å². The number of ketones is 1. The number of hydrogen-bond acceptors (Lipinski definition) is 2. The first kappa shape index (κ1) is 15.2. The van der Waals surface area contributed by atoms with E-state index in [4.69, 9.17) is 0 Å². The largest absolute Gasteiger partial charge is 0.292 e. The van der Waals surface area contributed by atoms with Crippen LogP contribution in [0.15, 0.2) is 30.3 Å². The first-order valence-corrected chi connectivity index (χ1v) is 8.13. The van der Waals surface area contributed by atoms with Crippen molar-refractivity contribution >= 4 is 5.78 Å². The SMILES string of the molecule is CCC1CCCCCN1C(CC)C(=O)c1ccccc1. The van der Waals surface area contributed by atoms with E-state index in [0.717, 1.165) is 24.9 Å². The summed E-state index contributed by atoms with van der Waals surface area (Å²) in [7, 11) is 0. The van der Waals surface area contributed by atoms with E-state index in [1.807, 2.05) is 30.3 Å². The third-order valence-corrected chi connectivity index (χ3v) is 4.54. The maximum absolute atomic E-state index is 12.8. The highest BCUT2D eigenvalue weighted by molar-refractivity contribution is 6.00. The first-order valence-electron chi connectivity index (χ1n) is 8.13. The van der Waals surface area contributed by atoms with Gasteiger partial charge in [0, 0.05) is 11.6 Å². The molecule has 1 aliphatic rings. The topological polar surface area (TPSA) is 20.3 Å². The lowest BCUT2D eigenvalue weighted by molar-refractivity contribution is 0.0718. The molecular formula is C18H27NO. The molecule has 1 aromatic carbocycles. The van der Waals surface area contributed by atoms with Crippen LogP contribution in [-0.2, 0) is 0 Å². The predicted molar refractivity (Wildman–Crippen MR) is 84.1 cm³/mol. The highest BCUT2D eigenvalue weighted by Gasteiger charge is 2.30. The van der Waals surface area contributed by atoms with Crippen molar-refractivity contribution in [1.82, 2.24) is 4.90 Å². The Balaban J connectivity index is 2.19. The maximum Gasteiger partial charge on any atom is 0.179 e. The third kappa shape index (κ3) is 3.49.